The normalized spacial score (nSPS) is 45.6. The van der Waals surface area contributed by atoms with Crippen molar-refractivity contribution in [2.24, 2.45) is 23.7 Å². The first kappa shape index (κ1) is 14.8. The van der Waals surface area contributed by atoms with Crippen molar-refractivity contribution < 1.29 is 9.47 Å². The van der Waals surface area contributed by atoms with Gasteiger partial charge in [0.15, 0.2) is 0 Å². The van der Waals surface area contributed by atoms with Crippen LogP contribution < -0.4 is 10.6 Å². The van der Waals surface area contributed by atoms with Gasteiger partial charge in [-0.2, -0.15) is 0 Å². The van der Waals surface area contributed by atoms with Crippen LogP contribution in [0.15, 0.2) is 0 Å². The van der Waals surface area contributed by atoms with Gasteiger partial charge >= 0.3 is 0 Å². The Labute approximate surface area is 123 Å². The molecule has 116 valence electrons. The molecular weight excluding hydrogens is 252 g/mol. The van der Waals surface area contributed by atoms with E-state index < -0.39 is 0 Å². The van der Waals surface area contributed by atoms with Crippen LogP contribution in [0.4, 0.5) is 0 Å². The number of nitrogens with one attached hydrogen (secondary N) is 2. The van der Waals surface area contributed by atoms with Crippen LogP contribution in [0.1, 0.15) is 33.1 Å². The average Bonchev–Trinajstić information content (AvgIpc) is 2.99. The van der Waals surface area contributed by atoms with Crippen LogP contribution >= 0.6 is 0 Å². The van der Waals surface area contributed by atoms with Crippen LogP contribution in [0, 0.1) is 23.7 Å². The quantitative estimate of drug-likeness (QED) is 0.825. The SMILES string of the molecule is COC1CCC2NCC(C(C)C)C(C3CCOC3)C2N1. The smallest absolute Gasteiger partial charge is 0.108 e. The molecule has 0 aromatic heterocycles. The number of methoxy groups -OCH3 is 1. The third-order valence-corrected chi connectivity index (χ3v) is 5.73. The summed E-state index contributed by atoms with van der Waals surface area (Å²) < 4.78 is 11.3. The Morgan fingerprint density at radius 2 is 2.05 bits per heavy atom. The highest BCUT2D eigenvalue weighted by molar-refractivity contribution is 5.02. The molecule has 20 heavy (non-hydrogen) atoms. The monoisotopic (exact) mass is 282 g/mol. The van der Waals surface area contributed by atoms with Crippen molar-refractivity contribution in [3.05, 3.63) is 0 Å². The van der Waals surface area contributed by atoms with Gasteiger partial charge in [-0.1, -0.05) is 13.8 Å². The molecule has 3 saturated heterocycles. The Kier molecular flexibility index (Phi) is 4.65. The topological polar surface area (TPSA) is 42.5 Å². The van der Waals surface area contributed by atoms with Gasteiger partial charge in [-0.05, 0) is 49.5 Å². The molecule has 3 rings (SSSR count). The van der Waals surface area contributed by atoms with Crippen LogP contribution in [-0.4, -0.2) is 45.2 Å². The van der Waals surface area contributed by atoms with E-state index in [2.05, 4.69) is 24.5 Å². The number of ether oxygens (including phenoxy) is 2. The third kappa shape index (κ3) is 2.76. The summed E-state index contributed by atoms with van der Waals surface area (Å²) in [6.45, 7) is 7.80. The molecule has 0 aromatic rings. The van der Waals surface area contributed by atoms with Crippen LogP contribution in [0.5, 0.6) is 0 Å². The second kappa shape index (κ2) is 6.30. The molecule has 3 fully saturated rings. The maximum absolute atomic E-state index is 5.69. The van der Waals surface area contributed by atoms with Gasteiger partial charge in [0.25, 0.3) is 0 Å². The largest absolute Gasteiger partial charge is 0.381 e. The molecule has 0 radical (unpaired) electrons. The second-order valence-corrected chi connectivity index (χ2v) is 7.12. The first-order valence-corrected chi connectivity index (χ1v) is 8.30. The van der Waals surface area contributed by atoms with E-state index in [1.54, 1.807) is 0 Å². The molecule has 6 atom stereocenters. The Bertz CT molecular complexity index is 318. The predicted octanol–water partition coefficient (Wildman–Crippen LogP) is 1.61. The zero-order valence-corrected chi connectivity index (χ0v) is 13.1. The van der Waals surface area contributed by atoms with Gasteiger partial charge in [0.05, 0.1) is 0 Å². The molecule has 0 amide bonds. The summed E-state index contributed by atoms with van der Waals surface area (Å²) in [4.78, 5) is 0. The van der Waals surface area contributed by atoms with Crippen molar-refractivity contribution in [1.29, 1.82) is 0 Å². The van der Waals surface area contributed by atoms with E-state index in [0.29, 0.717) is 12.1 Å². The Balaban J connectivity index is 1.80. The van der Waals surface area contributed by atoms with Crippen molar-refractivity contribution in [2.45, 2.75) is 51.4 Å². The molecule has 3 aliphatic rings. The Morgan fingerprint density at radius 1 is 1.20 bits per heavy atom. The van der Waals surface area contributed by atoms with Gasteiger partial charge in [0, 0.05) is 32.4 Å². The minimum atomic E-state index is 0.230. The van der Waals surface area contributed by atoms with Crippen molar-refractivity contribution >= 4 is 0 Å². The van der Waals surface area contributed by atoms with Crippen molar-refractivity contribution in [2.75, 3.05) is 26.9 Å². The van der Waals surface area contributed by atoms with Crippen LogP contribution in [-0.2, 0) is 9.47 Å². The molecule has 0 aromatic carbocycles. The molecule has 0 saturated carbocycles. The van der Waals surface area contributed by atoms with Gasteiger partial charge in [0.1, 0.15) is 6.23 Å². The van der Waals surface area contributed by atoms with Crippen molar-refractivity contribution in [3.63, 3.8) is 0 Å². The average molecular weight is 282 g/mol. The highest BCUT2D eigenvalue weighted by atomic mass is 16.5. The highest BCUT2D eigenvalue weighted by Crippen LogP contribution is 2.40. The molecule has 0 bridgehead atoms. The van der Waals surface area contributed by atoms with Crippen molar-refractivity contribution in [1.82, 2.24) is 10.6 Å². The summed E-state index contributed by atoms with van der Waals surface area (Å²) >= 11 is 0. The second-order valence-electron chi connectivity index (χ2n) is 7.12. The van der Waals surface area contributed by atoms with Crippen LogP contribution in [0.2, 0.25) is 0 Å². The molecule has 4 nitrogen and oxygen atoms in total. The lowest BCUT2D eigenvalue weighted by atomic mass is 9.66. The van der Waals surface area contributed by atoms with Crippen LogP contribution in [0.3, 0.4) is 0 Å². The number of hydrogen-bond acceptors (Lipinski definition) is 4. The minimum absolute atomic E-state index is 0.230. The molecule has 6 unspecified atom stereocenters. The first-order chi connectivity index (χ1) is 9.70. The summed E-state index contributed by atoms with van der Waals surface area (Å²) in [5.74, 6) is 2.91. The number of fused-ring (bicyclic) bond motifs is 1. The number of piperidine rings is 2. The number of rotatable bonds is 3. The molecule has 2 N–H and O–H groups in total. The van der Waals surface area contributed by atoms with E-state index >= 15 is 0 Å². The first-order valence-electron chi connectivity index (χ1n) is 8.30. The van der Waals surface area contributed by atoms with Gasteiger partial charge in [0.2, 0.25) is 0 Å². The Hall–Kier alpha value is -0.160. The fourth-order valence-corrected chi connectivity index (χ4v) is 4.59. The summed E-state index contributed by atoms with van der Waals surface area (Å²) in [5, 5.41) is 7.57. The molecule has 0 aliphatic carbocycles. The maximum atomic E-state index is 5.69. The van der Waals surface area contributed by atoms with E-state index in [4.69, 9.17) is 9.47 Å². The molecule has 3 heterocycles. The predicted molar refractivity (Wildman–Crippen MR) is 79.5 cm³/mol. The third-order valence-electron chi connectivity index (χ3n) is 5.73. The zero-order valence-electron chi connectivity index (χ0n) is 13.1. The molecular formula is C16H30N2O2. The Morgan fingerprint density at radius 3 is 2.70 bits per heavy atom. The number of hydrogen-bond donors (Lipinski definition) is 2. The standard InChI is InChI=1S/C16H30N2O2/c1-10(2)12-8-17-13-4-5-14(19-3)18-16(13)15(12)11-6-7-20-9-11/h10-18H,4-9H2,1-3H3. The van der Waals surface area contributed by atoms with E-state index in [0.717, 1.165) is 43.3 Å². The van der Waals surface area contributed by atoms with Gasteiger partial charge in [-0.15, -0.1) is 0 Å². The van der Waals surface area contributed by atoms with Gasteiger partial charge in [-0.25, -0.2) is 0 Å². The van der Waals surface area contributed by atoms with Gasteiger partial charge < -0.3 is 14.8 Å². The minimum Gasteiger partial charge on any atom is -0.381 e. The zero-order chi connectivity index (χ0) is 14.1. The summed E-state index contributed by atoms with van der Waals surface area (Å²) in [7, 11) is 1.82. The van der Waals surface area contributed by atoms with Gasteiger partial charge in [-0.3, -0.25) is 5.32 Å². The summed E-state index contributed by atoms with van der Waals surface area (Å²) in [5.41, 5.74) is 0. The summed E-state index contributed by atoms with van der Waals surface area (Å²) in [6.07, 6.45) is 3.81. The summed E-state index contributed by atoms with van der Waals surface area (Å²) in [6, 6.07) is 1.16. The fourth-order valence-electron chi connectivity index (χ4n) is 4.59. The van der Waals surface area contributed by atoms with E-state index in [1.807, 2.05) is 7.11 Å². The lowest BCUT2D eigenvalue weighted by Crippen LogP contribution is -2.66. The molecule has 3 aliphatic heterocycles. The molecule has 0 spiro atoms. The van der Waals surface area contributed by atoms with E-state index in [-0.39, 0.29) is 6.23 Å². The maximum Gasteiger partial charge on any atom is 0.108 e. The lowest BCUT2D eigenvalue weighted by Gasteiger charge is -2.51. The fraction of sp³-hybridized carbons (Fsp3) is 1.00. The van der Waals surface area contributed by atoms with Crippen LogP contribution in [0.25, 0.3) is 0 Å². The van der Waals surface area contributed by atoms with E-state index in [9.17, 15) is 0 Å². The van der Waals surface area contributed by atoms with E-state index in [1.165, 1.54) is 19.4 Å². The highest BCUT2D eigenvalue weighted by Gasteiger charge is 2.47. The van der Waals surface area contributed by atoms with Crippen molar-refractivity contribution in [3.8, 4) is 0 Å². The molecule has 4 heteroatoms. The lowest BCUT2D eigenvalue weighted by molar-refractivity contribution is -0.0282.